The molecule has 2 aromatic rings. The maximum absolute atomic E-state index is 14.9. The molecule has 0 radical (unpaired) electrons. The highest BCUT2D eigenvalue weighted by atomic mass is 19.1. The van der Waals surface area contributed by atoms with Gasteiger partial charge >= 0.3 is 5.97 Å². The van der Waals surface area contributed by atoms with Crippen LogP contribution in [0.2, 0.25) is 0 Å². The molecule has 3 fully saturated rings. The normalized spacial score (nSPS) is 23.0. The van der Waals surface area contributed by atoms with E-state index in [-0.39, 0.29) is 22.8 Å². The second-order valence-corrected chi connectivity index (χ2v) is 7.10. The summed E-state index contributed by atoms with van der Waals surface area (Å²) in [7, 11) is 2.08. The molecule has 0 aliphatic carbocycles. The Morgan fingerprint density at radius 2 is 2.08 bits per heavy atom. The van der Waals surface area contributed by atoms with Gasteiger partial charge < -0.3 is 14.6 Å². The number of aromatic nitrogens is 2. The fraction of sp³-hybridized carbons (Fsp3) is 0.500. The molecule has 0 aromatic carbocycles. The Bertz CT molecular complexity index is 958. The molecule has 3 aliphatic heterocycles. The van der Waals surface area contributed by atoms with Crippen molar-refractivity contribution in [3.63, 3.8) is 0 Å². The number of fused-ring (bicyclic) bond motifs is 4. The van der Waals surface area contributed by atoms with E-state index in [0.717, 1.165) is 25.5 Å². The summed E-state index contributed by atoms with van der Waals surface area (Å²) in [5.74, 6) is -1.64. The molecule has 2 unspecified atom stereocenters. The molecular weight excluding hydrogens is 339 g/mol. The Morgan fingerprint density at radius 1 is 1.35 bits per heavy atom. The lowest BCUT2D eigenvalue weighted by atomic mass is 9.91. The van der Waals surface area contributed by atoms with Crippen molar-refractivity contribution < 1.29 is 14.3 Å². The van der Waals surface area contributed by atoms with E-state index in [1.165, 1.54) is 6.20 Å². The molecule has 0 spiro atoms. The number of hydrogen-bond acceptors (Lipinski definition) is 5. The molecule has 0 saturated carbocycles. The maximum Gasteiger partial charge on any atom is 0.341 e. The van der Waals surface area contributed by atoms with Crippen molar-refractivity contribution in [3.05, 3.63) is 33.9 Å². The second-order valence-electron chi connectivity index (χ2n) is 7.10. The highest BCUT2D eigenvalue weighted by Gasteiger charge is 2.38. The standard InChI is InChI=1S/C18H21FN4O3/c1-3-22-9-13(18(25)26)15(24)12-6-14(19)17(20-16(12)22)23-8-10-4-5-11(23)7-21(10)2/h6,9-11H,3-5,7-8H2,1-2H3,(H,25,26). The Labute approximate surface area is 149 Å². The van der Waals surface area contributed by atoms with Gasteiger partial charge in [0.2, 0.25) is 5.43 Å². The number of piperazine rings is 1. The summed E-state index contributed by atoms with van der Waals surface area (Å²) >= 11 is 0. The summed E-state index contributed by atoms with van der Waals surface area (Å²) in [6.07, 6.45) is 3.37. The first-order chi connectivity index (χ1) is 12.4. The number of likely N-dealkylation sites (N-methyl/N-ethyl adjacent to an activating group) is 1. The molecule has 0 amide bonds. The first-order valence-corrected chi connectivity index (χ1v) is 8.84. The number of carbonyl (C=O) groups is 1. The molecule has 5 heterocycles. The molecule has 2 atom stereocenters. The van der Waals surface area contributed by atoms with Crippen LogP contribution in [0, 0.1) is 5.82 Å². The fourth-order valence-corrected chi connectivity index (χ4v) is 4.17. The molecule has 7 nitrogen and oxygen atoms in total. The largest absolute Gasteiger partial charge is 0.477 e. The third-order valence-corrected chi connectivity index (χ3v) is 5.63. The summed E-state index contributed by atoms with van der Waals surface area (Å²) in [5, 5.41) is 9.24. The molecule has 3 saturated heterocycles. The van der Waals surface area contributed by atoms with E-state index in [2.05, 4.69) is 16.9 Å². The lowest BCUT2D eigenvalue weighted by Crippen LogP contribution is -2.61. The molecular formula is C18H21FN4O3. The van der Waals surface area contributed by atoms with E-state index in [9.17, 15) is 19.1 Å². The van der Waals surface area contributed by atoms with Gasteiger partial charge in [0.1, 0.15) is 11.2 Å². The van der Waals surface area contributed by atoms with Gasteiger partial charge in [-0.3, -0.25) is 9.69 Å². The number of anilines is 1. The number of aromatic carboxylic acids is 1. The van der Waals surface area contributed by atoms with E-state index >= 15 is 0 Å². The molecule has 8 heteroatoms. The monoisotopic (exact) mass is 360 g/mol. The van der Waals surface area contributed by atoms with E-state index in [4.69, 9.17) is 0 Å². The van der Waals surface area contributed by atoms with Crippen LogP contribution in [0.5, 0.6) is 0 Å². The van der Waals surface area contributed by atoms with Crippen molar-refractivity contribution in [1.82, 2.24) is 14.5 Å². The van der Waals surface area contributed by atoms with Gasteiger partial charge in [-0.25, -0.2) is 14.2 Å². The molecule has 26 heavy (non-hydrogen) atoms. The number of halogens is 1. The van der Waals surface area contributed by atoms with Gasteiger partial charge in [0, 0.05) is 37.9 Å². The van der Waals surface area contributed by atoms with Gasteiger partial charge in [-0.1, -0.05) is 0 Å². The van der Waals surface area contributed by atoms with Crippen molar-refractivity contribution in [2.45, 2.75) is 38.4 Å². The molecule has 5 rings (SSSR count). The van der Waals surface area contributed by atoms with Crippen LogP contribution in [0.4, 0.5) is 10.2 Å². The van der Waals surface area contributed by atoms with Crippen LogP contribution in [0.1, 0.15) is 30.1 Å². The number of carboxylic acids is 1. The number of nitrogens with zero attached hydrogens (tertiary/aromatic N) is 4. The number of aryl methyl sites for hydroxylation is 1. The highest BCUT2D eigenvalue weighted by molar-refractivity contribution is 5.92. The topological polar surface area (TPSA) is 78.7 Å². The summed E-state index contributed by atoms with van der Waals surface area (Å²) in [6.45, 7) is 3.84. The van der Waals surface area contributed by atoms with Crippen molar-refractivity contribution in [2.75, 3.05) is 25.0 Å². The van der Waals surface area contributed by atoms with E-state index in [1.807, 2.05) is 11.8 Å². The SMILES string of the molecule is CCn1cc(C(=O)O)c(=O)c2cc(F)c(N3CC4CCC3CN4C)nc21. The Balaban J connectivity index is 1.88. The third kappa shape index (κ3) is 2.47. The van der Waals surface area contributed by atoms with Crippen LogP contribution < -0.4 is 10.3 Å². The Kier molecular flexibility index (Phi) is 3.95. The number of piperidine rings is 2. The summed E-state index contributed by atoms with van der Waals surface area (Å²) < 4.78 is 16.5. The number of hydrogen-bond donors (Lipinski definition) is 1. The van der Waals surface area contributed by atoms with Crippen molar-refractivity contribution in [1.29, 1.82) is 0 Å². The van der Waals surface area contributed by atoms with Gasteiger partial charge in [0.15, 0.2) is 11.6 Å². The molecule has 138 valence electrons. The third-order valence-electron chi connectivity index (χ3n) is 5.63. The van der Waals surface area contributed by atoms with Gasteiger partial charge in [-0.05, 0) is 32.9 Å². The molecule has 3 aliphatic rings. The van der Waals surface area contributed by atoms with Gasteiger partial charge in [0.25, 0.3) is 0 Å². The zero-order valence-corrected chi connectivity index (χ0v) is 14.8. The lowest BCUT2D eigenvalue weighted by Gasteiger charge is -2.50. The first kappa shape index (κ1) is 17.0. The summed E-state index contributed by atoms with van der Waals surface area (Å²) in [6, 6.07) is 1.72. The molecule has 2 bridgehead atoms. The predicted molar refractivity (Wildman–Crippen MR) is 95.4 cm³/mol. The van der Waals surface area contributed by atoms with Gasteiger partial charge in [-0.15, -0.1) is 0 Å². The first-order valence-electron chi connectivity index (χ1n) is 8.84. The molecule has 1 N–H and O–H groups in total. The van der Waals surface area contributed by atoms with Crippen molar-refractivity contribution in [2.24, 2.45) is 0 Å². The second kappa shape index (κ2) is 6.05. The maximum atomic E-state index is 14.9. The quantitative estimate of drug-likeness (QED) is 0.895. The molecule has 2 aromatic heterocycles. The summed E-state index contributed by atoms with van der Waals surface area (Å²) in [4.78, 5) is 32.5. The van der Waals surface area contributed by atoms with Crippen LogP contribution in [0.25, 0.3) is 11.0 Å². The lowest BCUT2D eigenvalue weighted by molar-refractivity contribution is 0.0695. The highest BCUT2D eigenvalue weighted by Crippen LogP contribution is 2.33. The minimum atomic E-state index is -1.32. The van der Waals surface area contributed by atoms with Crippen LogP contribution in [0.15, 0.2) is 17.1 Å². The average molecular weight is 360 g/mol. The van der Waals surface area contributed by atoms with E-state index in [0.29, 0.717) is 24.8 Å². The summed E-state index contributed by atoms with van der Waals surface area (Å²) in [5.41, 5.74) is -0.740. The number of pyridine rings is 2. The fourth-order valence-electron chi connectivity index (χ4n) is 4.17. The van der Waals surface area contributed by atoms with E-state index in [1.54, 1.807) is 4.57 Å². The van der Waals surface area contributed by atoms with Gasteiger partial charge in [0.05, 0.1) is 5.39 Å². The number of rotatable bonds is 3. The van der Waals surface area contributed by atoms with Crippen molar-refractivity contribution in [3.8, 4) is 0 Å². The Morgan fingerprint density at radius 3 is 2.65 bits per heavy atom. The average Bonchev–Trinajstić information content (AvgIpc) is 2.62. The van der Waals surface area contributed by atoms with Crippen LogP contribution in [-0.2, 0) is 6.54 Å². The smallest absolute Gasteiger partial charge is 0.341 e. The van der Waals surface area contributed by atoms with Crippen LogP contribution in [-0.4, -0.2) is 57.7 Å². The minimum Gasteiger partial charge on any atom is -0.477 e. The Hall–Kier alpha value is -2.48. The van der Waals surface area contributed by atoms with Crippen molar-refractivity contribution >= 4 is 22.8 Å². The van der Waals surface area contributed by atoms with E-state index < -0.39 is 17.2 Å². The van der Waals surface area contributed by atoms with Crippen LogP contribution in [0.3, 0.4) is 0 Å². The number of carboxylic acid groups (broad SMARTS) is 1. The van der Waals surface area contributed by atoms with Crippen LogP contribution >= 0.6 is 0 Å². The van der Waals surface area contributed by atoms with Gasteiger partial charge in [-0.2, -0.15) is 0 Å². The minimum absolute atomic E-state index is 0.00675. The zero-order chi connectivity index (χ0) is 18.6. The predicted octanol–water partition coefficient (Wildman–Crippen LogP) is 1.54. The zero-order valence-electron chi connectivity index (χ0n) is 14.8.